The van der Waals surface area contributed by atoms with Crippen LogP contribution in [0.3, 0.4) is 0 Å². The van der Waals surface area contributed by atoms with Crippen LogP contribution in [0.1, 0.15) is 12.8 Å². The number of nitrogens with zero attached hydrogens (tertiary/aromatic N) is 3. The van der Waals surface area contributed by atoms with Crippen LogP contribution in [0.2, 0.25) is 0 Å². The summed E-state index contributed by atoms with van der Waals surface area (Å²) in [6.45, 7) is -1.04. The van der Waals surface area contributed by atoms with E-state index in [1.165, 1.54) is 0 Å². The molecule has 1 saturated heterocycles. The van der Waals surface area contributed by atoms with Crippen molar-refractivity contribution in [2.24, 2.45) is 0 Å². The van der Waals surface area contributed by atoms with Crippen LogP contribution >= 0.6 is 11.8 Å². The van der Waals surface area contributed by atoms with E-state index in [0.29, 0.717) is 0 Å². The van der Waals surface area contributed by atoms with E-state index in [4.69, 9.17) is 0 Å². The average Bonchev–Trinajstić information content (AvgIpc) is 2.63. The van der Waals surface area contributed by atoms with Gasteiger partial charge in [-0.15, -0.1) is 22.0 Å². The predicted molar refractivity (Wildman–Crippen MR) is 95.7 cm³/mol. The Balaban J connectivity index is 1.60. The molecule has 1 unspecified atom stereocenters. The van der Waals surface area contributed by atoms with Crippen LogP contribution in [0.25, 0.3) is 0 Å². The molecule has 5 nitrogen and oxygen atoms in total. The number of rotatable bonds is 6. The van der Waals surface area contributed by atoms with Crippen molar-refractivity contribution in [2.45, 2.75) is 30.5 Å². The van der Waals surface area contributed by atoms with E-state index in [2.05, 4.69) is 25.2 Å². The summed E-state index contributed by atoms with van der Waals surface area (Å²) in [7, 11) is 0. The van der Waals surface area contributed by atoms with E-state index >= 15 is 0 Å². The molecule has 8 heteroatoms. The van der Waals surface area contributed by atoms with Crippen molar-refractivity contribution in [3.05, 3.63) is 36.4 Å². The minimum Gasteiger partial charge on any atom is -0.435 e. The summed E-state index contributed by atoms with van der Waals surface area (Å²) in [5.41, 5.74) is 0.997. The second-order valence-corrected chi connectivity index (χ2v) is 6.59. The second kappa shape index (κ2) is 8.33. The first-order valence-corrected chi connectivity index (χ1v) is 9.30. The molecule has 1 atom stereocenters. The number of hydrogen-bond acceptors (Lipinski definition) is 6. The van der Waals surface area contributed by atoms with Gasteiger partial charge >= 0.3 is 6.61 Å². The van der Waals surface area contributed by atoms with Crippen LogP contribution in [0, 0.1) is 0 Å². The number of anilines is 2. The molecular formula is C17H20F2N4OS. The maximum absolute atomic E-state index is 12.2. The molecule has 0 radical (unpaired) electrons. The maximum atomic E-state index is 12.2. The fourth-order valence-electron chi connectivity index (χ4n) is 2.88. The number of thioether (sulfide) groups is 1. The van der Waals surface area contributed by atoms with Gasteiger partial charge in [-0.3, -0.25) is 0 Å². The topological polar surface area (TPSA) is 50.3 Å². The molecule has 134 valence electrons. The van der Waals surface area contributed by atoms with Crippen molar-refractivity contribution >= 4 is 23.3 Å². The predicted octanol–water partition coefficient (Wildman–Crippen LogP) is 3.88. The Morgan fingerprint density at radius 1 is 1.20 bits per heavy atom. The zero-order chi connectivity index (χ0) is 17.6. The van der Waals surface area contributed by atoms with Gasteiger partial charge in [0.2, 0.25) is 0 Å². The Labute approximate surface area is 149 Å². The molecule has 1 aromatic heterocycles. The number of nitrogens with one attached hydrogen (secondary N) is 1. The van der Waals surface area contributed by atoms with Gasteiger partial charge in [-0.2, -0.15) is 8.78 Å². The van der Waals surface area contributed by atoms with Gasteiger partial charge in [0, 0.05) is 24.8 Å². The summed E-state index contributed by atoms with van der Waals surface area (Å²) in [4.78, 5) is 2.23. The third kappa shape index (κ3) is 4.94. The van der Waals surface area contributed by atoms with Crippen LogP contribution in [-0.2, 0) is 0 Å². The Morgan fingerprint density at radius 3 is 2.64 bits per heavy atom. The quantitative estimate of drug-likeness (QED) is 0.783. The molecule has 1 aromatic carbocycles. The van der Waals surface area contributed by atoms with Crippen molar-refractivity contribution in [3.8, 4) is 5.75 Å². The number of aromatic nitrogens is 2. The summed E-state index contributed by atoms with van der Waals surface area (Å²) in [5.74, 6) is 0.944. The maximum Gasteiger partial charge on any atom is 0.387 e. The van der Waals surface area contributed by atoms with Crippen molar-refractivity contribution in [2.75, 3.05) is 29.6 Å². The lowest BCUT2D eigenvalue weighted by molar-refractivity contribution is -0.0498. The second-order valence-electron chi connectivity index (χ2n) is 5.76. The van der Waals surface area contributed by atoms with Crippen LogP contribution < -0.4 is 15.0 Å². The average molecular weight is 366 g/mol. The first-order chi connectivity index (χ1) is 12.1. The van der Waals surface area contributed by atoms with Crippen molar-refractivity contribution in [1.82, 2.24) is 10.2 Å². The Morgan fingerprint density at radius 2 is 2.00 bits per heavy atom. The third-order valence-electron chi connectivity index (χ3n) is 4.05. The molecule has 1 fully saturated rings. The van der Waals surface area contributed by atoms with E-state index in [1.54, 1.807) is 23.9 Å². The fraction of sp³-hybridized carbons (Fsp3) is 0.412. The molecule has 2 heterocycles. The standard InChI is InChI=1S/C17H20F2N4OS/c1-25-16-9-8-15(21-22-16)20-12-3-2-10-23(11-12)13-4-6-14(7-5-13)24-17(18)19/h4-9,12,17H,2-3,10-11H2,1H3,(H,20,21). The summed E-state index contributed by atoms with van der Waals surface area (Å²) in [6.07, 6.45) is 4.06. The number of hydrogen-bond donors (Lipinski definition) is 1. The zero-order valence-corrected chi connectivity index (χ0v) is 14.7. The van der Waals surface area contributed by atoms with Gasteiger partial charge in [-0.1, -0.05) is 0 Å². The summed E-state index contributed by atoms with van der Waals surface area (Å²) in [6, 6.07) is 10.9. The lowest BCUT2D eigenvalue weighted by Crippen LogP contribution is -2.42. The number of benzene rings is 1. The minimum atomic E-state index is -2.80. The molecule has 1 N–H and O–H groups in total. The van der Waals surface area contributed by atoms with Crippen molar-refractivity contribution in [1.29, 1.82) is 0 Å². The number of halogens is 2. The molecule has 25 heavy (non-hydrogen) atoms. The van der Waals surface area contributed by atoms with Crippen LogP contribution in [0.4, 0.5) is 20.3 Å². The Kier molecular flexibility index (Phi) is 5.91. The van der Waals surface area contributed by atoms with Crippen LogP contribution in [0.5, 0.6) is 5.75 Å². The SMILES string of the molecule is CSc1ccc(NC2CCCN(c3ccc(OC(F)F)cc3)C2)nn1. The highest BCUT2D eigenvalue weighted by molar-refractivity contribution is 7.98. The molecule has 0 bridgehead atoms. The van der Waals surface area contributed by atoms with E-state index in [0.717, 1.165) is 42.5 Å². The van der Waals surface area contributed by atoms with Gasteiger partial charge in [0.25, 0.3) is 0 Å². The van der Waals surface area contributed by atoms with E-state index in [9.17, 15) is 8.78 Å². The highest BCUT2D eigenvalue weighted by Gasteiger charge is 2.20. The van der Waals surface area contributed by atoms with Gasteiger partial charge in [-0.05, 0) is 55.5 Å². The molecule has 1 aliphatic rings. The lowest BCUT2D eigenvalue weighted by atomic mass is 10.0. The van der Waals surface area contributed by atoms with Gasteiger partial charge in [0.05, 0.1) is 0 Å². The third-order valence-corrected chi connectivity index (χ3v) is 4.69. The minimum absolute atomic E-state index is 0.176. The number of ether oxygens (including phenoxy) is 1. The molecule has 0 aliphatic carbocycles. The van der Waals surface area contributed by atoms with Crippen molar-refractivity contribution < 1.29 is 13.5 Å². The largest absolute Gasteiger partial charge is 0.435 e. The van der Waals surface area contributed by atoms with Gasteiger partial charge < -0.3 is 15.0 Å². The van der Waals surface area contributed by atoms with Gasteiger partial charge in [-0.25, -0.2) is 0 Å². The molecule has 2 aromatic rings. The van der Waals surface area contributed by atoms with E-state index < -0.39 is 6.61 Å². The first kappa shape index (κ1) is 17.7. The molecule has 3 rings (SSSR count). The van der Waals surface area contributed by atoms with Crippen LogP contribution in [-0.4, -0.2) is 42.2 Å². The molecule has 0 saturated carbocycles. The number of piperidine rings is 1. The normalized spacial score (nSPS) is 17.6. The number of alkyl halides is 2. The molecule has 1 aliphatic heterocycles. The zero-order valence-electron chi connectivity index (χ0n) is 13.9. The van der Waals surface area contributed by atoms with Gasteiger partial charge in [0.15, 0.2) is 0 Å². The highest BCUT2D eigenvalue weighted by atomic mass is 32.2. The van der Waals surface area contributed by atoms with E-state index in [1.807, 2.05) is 30.5 Å². The Hall–Kier alpha value is -2.09. The smallest absolute Gasteiger partial charge is 0.387 e. The fourth-order valence-corrected chi connectivity index (χ4v) is 3.21. The summed E-state index contributed by atoms with van der Waals surface area (Å²) < 4.78 is 28.9. The lowest BCUT2D eigenvalue weighted by Gasteiger charge is -2.35. The van der Waals surface area contributed by atoms with Crippen LogP contribution in [0.15, 0.2) is 41.4 Å². The Bertz CT molecular complexity index is 669. The van der Waals surface area contributed by atoms with Gasteiger partial charge in [0.1, 0.15) is 16.6 Å². The molecular weight excluding hydrogens is 346 g/mol. The summed E-state index contributed by atoms with van der Waals surface area (Å²) >= 11 is 1.56. The molecule has 0 amide bonds. The van der Waals surface area contributed by atoms with Crippen molar-refractivity contribution in [3.63, 3.8) is 0 Å². The monoisotopic (exact) mass is 366 g/mol. The molecule has 0 spiro atoms. The first-order valence-electron chi connectivity index (χ1n) is 8.08. The van der Waals surface area contributed by atoms with E-state index in [-0.39, 0.29) is 11.8 Å². The summed E-state index contributed by atoms with van der Waals surface area (Å²) in [5, 5.41) is 12.6. The highest BCUT2D eigenvalue weighted by Crippen LogP contribution is 2.25.